The molecule has 104 valence electrons. The van der Waals surface area contributed by atoms with Crippen molar-refractivity contribution in [1.82, 2.24) is 9.88 Å². The average molecular weight is 266 g/mol. The van der Waals surface area contributed by atoms with Crippen molar-refractivity contribution in [3.8, 4) is 0 Å². The van der Waals surface area contributed by atoms with Gasteiger partial charge in [-0.1, -0.05) is 13.3 Å². The average Bonchev–Trinajstić information content (AvgIpc) is 2.42. The van der Waals surface area contributed by atoms with Gasteiger partial charge in [-0.25, -0.2) is 4.79 Å². The van der Waals surface area contributed by atoms with Crippen molar-refractivity contribution in [2.75, 3.05) is 19.7 Å². The van der Waals surface area contributed by atoms with Crippen LogP contribution < -0.4 is 0 Å². The lowest BCUT2D eigenvalue weighted by Crippen LogP contribution is -2.36. The molecule has 1 amide bonds. The van der Waals surface area contributed by atoms with Gasteiger partial charge in [0.2, 0.25) is 0 Å². The van der Waals surface area contributed by atoms with Crippen LogP contribution in [0, 0.1) is 0 Å². The molecule has 19 heavy (non-hydrogen) atoms. The third-order valence-electron chi connectivity index (χ3n) is 2.68. The molecule has 0 aliphatic carbocycles. The maximum Gasteiger partial charge on any atom is 0.338 e. The van der Waals surface area contributed by atoms with E-state index in [-0.39, 0.29) is 24.4 Å². The van der Waals surface area contributed by atoms with Crippen LogP contribution in [0.1, 0.15) is 40.6 Å². The molecule has 1 aromatic rings. The van der Waals surface area contributed by atoms with Gasteiger partial charge in [-0.15, -0.1) is 0 Å². The van der Waals surface area contributed by atoms with Gasteiger partial charge in [0.25, 0.3) is 5.91 Å². The van der Waals surface area contributed by atoms with E-state index in [4.69, 9.17) is 10.2 Å². The molecular weight excluding hydrogens is 248 g/mol. The van der Waals surface area contributed by atoms with Crippen LogP contribution in [-0.2, 0) is 0 Å². The number of aliphatic hydroxyl groups is 1. The molecule has 1 rings (SSSR count). The molecule has 2 N–H and O–H groups in total. The highest BCUT2D eigenvalue weighted by atomic mass is 16.4. The van der Waals surface area contributed by atoms with Crippen LogP contribution in [0.3, 0.4) is 0 Å². The molecule has 0 aromatic carbocycles. The van der Waals surface area contributed by atoms with E-state index in [1.807, 2.05) is 6.92 Å². The molecule has 6 nitrogen and oxygen atoms in total. The van der Waals surface area contributed by atoms with Crippen LogP contribution in [0.25, 0.3) is 0 Å². The Hall–Kier alpha value is -1.95. The third kappa shape index (κ3) is 4.03. The molecule has 0 aliphatic heterocycles. The van der Waals surface area contributed by atoms with E-state index in [1.165, 1.54) is 23.2 Å². The van der Waals surface area contributed by atoms with E-state index in [0.717, 1.165) is 12.8 Å². The summed E-state index contributed by atoms with van der Waals surface area (Å²) >= 11 is 0. The Morgan fingerprint density at radius 3 is 2.68 bits per heavy atom. The summed E-state index contributed by atoms with van der Waals surface area (Å²) in [4.78, 5) is 28.6. The summed E-state index contributed by atoms with van der Waals surface area (Å²) in [6.45, 7) is 2.48. The van der Waals surface area contributed by atoms with Crippen LogP contribution in [0.2, 0.25) is 0 Å². The van der Waals surface area contributed by atoms with Crippen molar-refractivity contribution in [2.45, 2.75) is 19.8 Å². The number of hydrogen-bond donors (Lipinski definition) is 2. The molecule has 0 radical (unpaired) electrons. The van der Waals surface area contributed by atoms with E-state index < -0.39 is 11.9 Å². The second-order valence-corrected chi connectivity index (χ2v) is 4.07. The number of hydrogen-bond acceptors (Lipinski definition) is 4. The number of aromatic carboxylic acids is 1. The van der Waals surface area contributed by atoms with Crippen LogP contribution in [0.5, 0.6) is 0 Å². The Morgan fingerprint density at radius 2 is 2.11 bits per heavy atom. The van der Waals surface area contributed by atoms with Crippen LogP contribution in [-0.4, -0.2) is 51.7 Å². The molecule has 0 unspecified atom stereocenters. The second kappa shape index (κ2) is 7.48. The van der Waals surface area contributed by atoms with Gasteiger partial charge < -0.3 is 15.1 Å². The normalized spacial score (nSPS) is 10.2. The smallest absolute Gasteiger partial charge is 0.338 e. The number of unbranched alkanes of at least 4 members (excludes halogenated alkanes) is 1. The van der Waals surface area contributed by atoms with Crippen molar-refractivity contribution < 1.29 is 19.8 Å². The summed E-state index contributed by atoms with van der Waals surface area (Å²) in [6, 6.07) is 2.82. The van der Waals surface area contributed by atoms with Crippen molar-refractivity contribution >= 4 is 11.9 Å². The molecular formula is C13H18N2O4. The first kappa shape index (κ1) is 15.1. The zero-order valence-corrected chi connectivity index (χ0v) is 10.9. The SMILES string of the molecule is CCCCN(CCO)C(=O)c1ncccc1C(=O)O. The summed E-state index contributed by atoms with van der Waals surface area (Å²) in [5, 5.41) is 18.0. The summed E-state index contributed by atoms with van der Waals surface area (Å²) in [7, 11) is 0. The number of aromatic nitrogens is 1. The molecule has 0 fully saturated rings. The molecule has 0 aliphatic rings. The summed E-state index contributed by atoms with van der Waals surface area (Å²) in [6.07, 6.45) is 3.08. The number of nitrogens with zero attached hydrogens (tertiary/aromatic N) is 2. The minimum Gasteiger partial charge on any atom is -0.478 e. The van der Waals surface area contributed by atoms with Gasteiger partial charge in [-0.05, 0) is 18.6 Å². The maximum absolute atomic E-state index is 12.3. The minimum atomic E-state index is -1.18. The highest BCUT2D eigenvalue weighted by molar-refractivity contribution is 6.03. The van der Waals surface area contributed by atoms with Crippen LogP contribution in [0.15, 0.2) is 18.3 Å². The van der Waals surface area contributed by atoms with Crippen LogP contribution in [0.4, 0.5) is 0 Å². The highest BCUT2D eigenvalue weighted by Gasteiger charge is 2.22. The predicted molar refractivity (Wildman–Crippen MR) is 69.1 cm³/mol. The maximum atomic E-state index is 12.3. The fourth-order valence-electron chi connectivity index (χ4n) is 1.68. The van der Waals surface area contributed by atoms with Crippen molar-refractivity contribution in [2.24, 2.45) is 0 Å². The molecule has 1 aromatic heterocycles. The van der Waals surface area contributed by atoms with Crippen molar-refractivity contribution in [3.63, 3.8) is 0 Å². The van der Waals surface area contributed by atoms with E-state index in [0.29, 0.717) is 6.54 Å². The van der Waals surface area contributed by atoms with Gasteiger partial charge in [0, 0.05) is 19.3 Å². The summed E-state index contributed by atoms with van der Waals surface area (Å²) in [5.41, 5.74) is -0.202. The minimum absolute atomic E-state index is 0.0837. The first-order valence-electron chi connectivity index (χ1n) is 6.20. The fourth-order valence-corrected chi connectivity index (χ4v) is 1.68. The van der Waals surface area contributed by atoms with Gasteiger partial charge in [0.1, 0.15) is 5.69 Å². The quantitative estimate of drug-likeness (QED) is 0.768. The number of rotatable bonds is 7. The number of amides is 1. The number of carboxylic acids is 1. The summed E-state index contributed by atoms with van der Waals surface area (Å²) < 4.78 is 0. The molecule has 0 atom stereocenters. The zero-order valence-electron chi connectivity index (χ0n) is 10.9. The van der Waals surface area contributed by atoms with E-state index >= 15 is 0 Å². The Morgan fingerprint density at radius 1 is 1.37 bits per heavy atom. The molecule has 1 heterocycles. The monoisotopic (exact) mass is 266 g/mol. The lowest BCUT2D eigenvalue weighted by atomic mass is 10.1. The number of carbonyl (C=O) groups is 2. The first-order chi connectivity index (χ1) is 9.11. The van der Waals surface area contributed by atoms with Crippen LogP contribution >= 0.6 is 0 Å². The van der Waals surface area contributed by atoms with Crippen molar-refractivity contribution in [1.29, 1.82) is 0 Å². The van der Waals surface area contributed by atoms with Gasteiger partial charge in [-0.3, -0.25) is 9.78 Å². The number of aliphatic hydroxyl groups excluding tert-OH is 1. The largest absolute Gasteiger partial charge is 0.478 e. The van der Waals surface area contributed by atoms with E-state index in [2.05, 4.69) is 4.98 Å². The lowest BCUT2D eigenvalue weighted by Gasteiger charge is -2.21. The molecule has 0 bridgehead atoms. The molecule has 6 heteroatoms. The Labute approximate surface area is 111 Å². The lowest BCUT2D eigenvalue weighted by molar-refractivity contribution is 0.0661. The predicted octanol–water partition coefficient (Wildman–Crippen LogP) is 1.01. The number of carbonyl (C=O) groups excluding carboxylic acids is 1. The molecule has 0 saturated carbocycles. The van der Waals surface area contributed by atoms with E-state index in [1.54, 1.807) is 0 Å². The summed E-state index contributed by atoms with van der Waals surface area (Å²) in [5.74, 6) is -1.64. The Kier molecular flexibility index (Phi) is 5.95. The standard InChI is InChI=1S/C13H18N2O4/c1-2-3-7-15(8-9-16)12(17)11-10(13(18)19)5-4-6-14-11/h4-6,16H,2-3,7-9H2,1H3,(H,18,19). The third-order valence-corrected chi connectivity index (χ3v) is 2.68. The molecule has 0 saturated heterocycles. The van der Waals surface area contributed by atoms with Gasteiger partial charge in [0.05, 0.1) is 12.2 Å². The highest BCUT2D eigenvalue weighted by Crippen LogP contribution is 2.10. The fraction of sp³-hybridized carbons (Fsp3) is 0.462. The number of pyridine rings is 1. The topological polar surface area (TPSA) is 90.7 Å². The van der Waals surface area contributed by atoms with E-state index in [9.17, 15) is 9.59 Å². The zero-order chi connectivity index (χ0) is 14.3. The van der Waals surface area contributed by atoms with Gasteiger partial charge >= 0.3 is 5.97 Å². The Bertz CT molecular complexity index is 448. The van der Waals surface area contributed by atoms with Gasteiger partial charge in [-0.2, -0.15) is 0 Å². The van der Waals surface area contributed by atoms with Gasteiger partial charge in [0.15, 0.2) is 0 Å². The number of carboxylic acid groups (broad SMARTS) is 1. The second-order valence-electron chi connectivity index (χ2n) is 4.07. The Balaban J connectivity index is 2.98. The first-order valence-corrected chi connectivity index (χ1v) is 6.20. The molecule has 0 spiro atoms. The van der Waals surface area contributed by atoms with Crippen molar-refractivity contribution in [3.05, 3.63) is 29.6 Å².